The fraction of sp³-hybridized carbons (Fsp3) is 0.400. The maximum absolute atomic E-state index is 12.1. The van der Waals surface area contributed by atoms with E-state index in [9.17, 15) is 4.79 Å². The van der Waals surface area contributed by atoms with Crippen molar-refractivity contribution in [1.82, 2.24) is 10.2 Å². The van der Waals surface area contributed by atoms with Crippen LogP contribution in [0.2, 0.25) is 0 Å². The Bertz CT molecular complexity index is 898. The molecule has 0 unspecified atom stereocenters. The summed E-state index contributed by atoms with van der Waals surface area (Å²) in [6.45, 7) is 2.44. The number of amides is 1. The van der Waals surface area contributed by atoms with Gasteiger partial charge in [-0.25, -0.2) is 0 Å². The number of hydrogen-bond donors (Lipinski definition) is 1. The van der Waals surface area contributed by atoms with E-state index in [4.69, 9.17) is 18.9 Å². The first-order valence-corrected chi connectivity index (χ1v) is 10.6. The third-order valence-corrected chi connectivity index (χ3v) is 5.08. The van der Waals surface area contributed by atoms with Crippen LogP contribution in [0.4, 0.5) is 0 Å². The molecule has 0 fully saturated rings. The maximum atomic E-state index is 12.1. The fourth-order valence-electron chi connectivity index (χ4n) is 3.22. The van der Waals surface area contributed by atoms with Crippen LogP contribution in [-0.4, -0.2) is 65.9 Å². The Hall–Kier alpha value is -3.19. The summed E-state index contributed by atoms with van der Waals surface area (Å²) in [4.78, 5) is 14.3. The first kappa shape index (κ1) is 25.1. The van der Waals surface area contributed by atoms with Gasteiger partial charge in [-0.2, -0.15) is 0 Å². The van der Waals surface area contributed by atoms with Gasteiger partial charge >= 0.3 is 0 Å². The van der Waals surface area contributed by atoms with E-state index in [1.807, 2.05) is 30.3 Å². The van der Waals surface area contributed by atoms with Crippen molar-refractivity contribution in [2.75, 3.05) is 55.1 Å². The van der Waals surface area contributed by atoms with Gasteiger partial charge in [0, 0.05) is 19.2 Å². The third kappa shape index (κ3) is 7.81. The molecule has 2 aromatic rings. The highest BCUT2D eigenvalue weighted by Crippen LogP contribution is 2.28. The van der Waals surface area contributed by atoms with Gasteiger partial charge < -0.3 is 29.2 Å². The highest BCUT2D eigenvalue weighted by molar-refractivity contribution is 5.91. The molecule has 0 saturated heterocycles. The molecule has 0 atom stereocenters. The molecule has 2 aromatic carbocycles. The second-order valence-electron chi connectivity index (χ2n) is 7.33. The zero-order valence-electron chi connectivity index (χ0n) is 19.6. The molecule has 2 rings (SSSR count). The highest BCUT2D eigenvalue weighted by atomic mass is 16.5. The number of nitrogens with one attached hydrogen (secondary N) is 1. The minimum absolute atomic E-state index is 0.118. The molecule has 0 radical (unpaired) electrons. The molecule has 1 amide bonds. The van der Waals surface area contributed by atoms with Crippen molar-refractivity contribution in [1.29, 1.82) is 0 Å². The van der Waals surface area contributed by atoms with Gasteiger partial charge in [-0.1, -0.05) is 12.1 Å². The molecule has 7 nitrogen and oxygen atoms in total. The van der Waals surface area contributed by atoms with Crippen molar-refractivity contribution in [3.63, 3.8) is 0 Å². The lowest BCUT2D eigenvalue weighted by atomic mass is 10.1. The third-order valence-electron chi connectivity index (χ3n) is 5.08. The van der Waals surface area contributed by atoms with Crippen LogP contribution in [0.1, 0.15) is 17.5 Å². The summed E-state index contributed by atoms with van der Waals surface area (Å²) in [7, 11) is 8.54. The smallest absolute Gasteiger partial charge is 0.243 e. The molecular formula is C25H34N2O5. The van der Waals surface area contributed by atoms with Crippen LogP contribution in [0, 0.1) is 0 Å². The number of carbonyl (C=O) groups excluding carboxylic acids is 1. The van der Waals surface area contributed by atoms with E-state index < -0.39 is 0 Å². The predicted molar refractivity (Wildman–Crippen MR) is 127 cm³/mol. The largest absolute Gasteiger partial charge is 0.493 e. The normalized spacial score (nSPS) is 10.9. The van der Waals surface area contributed by atoms with Crippen molar-refractivity contribution < 1.29 is 23.7 Å². The number of hydrogen-bond acceptors (Lipinski definition) is 6. The SMILES string of the molecule is COc1ccc(/C=C/C(=O)NCCCN(C)CCc2ccc(OC)c(OC)c2)cc1OC. The molecule has 0 aliphatic heterocycles. The van der Waals surface area contributed by atoms with Crippen molar-refractivity contribution >= 4 is 12.0 Å². The van der Waals surface area contributed by atoms with Crippen LogP contribution in [0.3, 0.4) is 0 Å². The zero-order valence-corrected chi connectivity index (χ0v) is 19.6. The van der Waals surface area contributed by atoms with E-state index in [0.717, 1.165) is 43.0 Å². The van der Waals surface area contributed by atoms with Crippen molar-refractivity contribution in [3.8, 4) is 23.0 Å². The Morgan fingerprint density at radius 1 is 0.875 bits per heavy atom. The molecule has 0 aliphatic rings. The summed E-state index contributed by atoms with van der Waals surface area (Å²) in [6.07, 6.45) is 5.07. The second kappa shape index (κ2) is 13.3. The van der Waals surface area contributed by atoms with Gasteiger partial charge in [-0.3, -0.25) is 4.79 Å². The van der Waals surface area contributed by atoms with Gasteiger partial charge in [0.05, 0.1) is 28.4 Å². The van der Waals surface area contributed by atoms with Crippen LogP contribution < -0.4 is 24.3 Å². The minimum Gasteiger partial charge on any atom is -0.493 e. The average Bonchev–Trinajstić information content (AvgIpc) is 2.83. The lowest BCUT2D eigenvalue weighted by Crippen LogP contribution is -2.28. The number of ether oxygens (including phenoxy) is 4. The summed E-state index contributed by atoms with van der Waals surface area (Å²) in [5.74, 6) is 2.65. The Morgan fingerprint density at radius 2 is 1.50 bits per heavy atom. The summed E-state index contributed by atoms with van der Waals surface area (Å²) >= 11 is 0. The fourth-order valence-corrected chi connectivity index (χ4v) is 3.22. The van der Waals surface area contributed by atoms with E-state index in [0.29, 0.717) is 18.0 Å². The number of benzene rings is 2. The Kier molecular flexibility index (Phi) is 10.4. The Balaban J connectivity index is 1.69. The van der Waals surface area contributed by atoms with Gasteiger partial charge in [-0.15, -0.1) is 0 Å². The molecule has 0 saturated carbocycles. The lowest BCUT2D eigenvalue weighted by molar-refractivity contribution is -0.116. The van der Waals surface area contributed by atoms with E-state index in [-0.39, 0.29) is 5.91 Å². The van der Waals surface area contributed by atoms with Gasteiger partial charge in [0.2, 0.25) is 5.91 Å². The van der Waals surface area contributed by atoms with Crippen LogP contribution in [-0.2, 0) is 11.2 Å². The van der Waals surface area contributed by atoms with E-state index >= 15 is 0 Å². The van der Waals surface area contributed by atoms with Crippen molar-refractivity contribution in [2.24, 2.45) is 0 Å². The topological polar surface area (TPSA) is 69.3 Å². The van der Waals surface area contributed by atoms with E-state index in [1.165, 1.54) is 11.6 Å². The number of rotatable bonds is 13. The molecular weight excluding hydrogens is 408 g/mol. The number of likely N-dealkylation sites (N-methyl/N-ethyl adjacent to an activating group) is 1. The molecule has 7 heteroatoms. The molecule has 0 aliphatic carbocycles. The van der Waals surface area contributed by atoms with Crippen molar-refractivity contribution in [3.05, 3.63) is 53.6 Å². The average molecular weight is 443 g/mol. The van der Waals surface area contributed by atoms with Crippen molar-refractivity contribution in [2.45, 2.75) is 12.8 Å². The monoisotopic (exact) mass is 442 g/mol. The minimum atomic E-state index is -0.118. The standard InChI is InChI=1S/C25H34N2O5/c1-27(16-13-20-8-11-22(30-3)24(18-20)32-5)15-6-14-26-25(28)12-9-19-7-10-21(29-2)23(17-19)31-4/h7-12,17-18H,6,13-16H2,1-5H3,(H,26,28)/b12-9+. The Morgan fingerprint density at radius 3 is 2.16 bits per heavy atom. The van der Waals surface area contributed by atoms with Gasteiger partial charge in [0.15, 0.2) is 23.0 Å². The molecule has 0 aromatic heterocycles. The molecule has 1 N–H and O–H groups in total. The van der Waals surface area contributed by atoms with E-state index in [2.05, 4.69) is 23.3 Å². The molecule has 174 valence electrons. The summed E-state index contributed by atoms with van der Waals surface area (Å²) < 4.78 is 21.1. The molecule has 0 spiro atoms. The van der Waals surface area contributed by atoms with Gasteiger partial charge in [0.1, 0.15) is 0 Å². The summed E-state index contributed by atoms with van der Waals surface area (Å²) in [5.41, 5.74) is 2.07. The number of carbonyl (C=O) groups is 1. The maximum Gasteiger partial charge on any atom is 0.243 e. The summed E-state index contributed by atoms with van der Waals surface area (Å²) in [5, 5.41) is 2.92. The zero-order chi connectivity index (χ0) is 23.3. The van der Waals surface area contributed by atoms with Gasteiger partial charge in [-0.05, 0) is 67.9 Å². The first-order chi connectivity index (χ1) is 15.5. The van der Waals surface area contributed by atoms with Crippen LogP contribution in [0.25, 0.3) is 6.08 Å². The second-order valence-corrected chi connectivity index (χ2v) is 7.33. The number of nitrogens with zero attached hydrogens (tertiary/aromatic N) is 1. The van der Waals surface area contributed by atoms with E-state index in [1.54, 1.807) is 34.5 Å². The van der Waals surface area contributed by atoms with Crippen LogP contribution >= 0.6 is 0 Å². The molecule has 0 bridgehead atoms. The van der Waals surface area contributed by atoms with Crippen LogP contribution in [0.15, 0.2) is 42.5 Å². The molecule has 0 heterocycles. The Labute approximate surface area is 190 Å². The first-order valence-electron chi connectivity index (χ1n) is 10.6. The predicted octanol–water partition coefficient (Wildman–Crippen LogP) is 3.42. The lowest BCUT2D eigenvalue weighted by Gasteiger charge is -2.17. The molecule has 32 heavy (non-hydrogen) atoms. The van der Waals surface area contributed by atoms with Crippen LogP contribution in [0.5, 0.6) is 23.0 Å². The quantitative estimate of drug-likeness (QED) is 0.379. The van der Waals surface area contributed by atoms with Gasteiger partial charge in [0.25, 0.3) is 0 Å². The highest BCUT2D eigenvalue weighted by Gasteiger charge is 2.06. The summed E-state index contributed by atoms with van der Waals surface area (Å²) in [6, 6.07) is 11.5. The number of methoxy groups -OCH3 is 4.